The van der Waals surface area contributed by atoms with Crippen molar-refractivity contribution in [3.8, 4) is 0 Å². The number of carbonyl (C=O) groups is 1. The van der Waals surface area contributed by atoms with Crippen molar-refractivity contribution in [2.75, 3.05) is 19.9 Å². The van der Waals surface area contributed by atoms with Gasteiger partial charge in [0.1, 0.15) is 0 Å². The summed E-state index contributed by atoms with van der Waals surface area (Å²) in [5.74, 6) is 0.126. The Labute approximate surface area is 120 Å². The van der Waals surface area contributed by atoms with E-state index in [1.165, 1.54) is 0 Å². The summed E-state index contributed by atoms with van der Waals surface area (Å²) in [4.78, 5) is 14.2. The van der Waals surface area contributed by atoms with Crippen molar-refractivity contribution < 1.29 is 9.53 Å². The van der Waals surface area contributed by atoms with Crippen molar-refractivity contribution in [1.82, 2.24) is 4.90 Å². The van der Waals surface area contributed by atoms with Crippen LogP contribution in [0.25, 0.3) is 0 Å². The third kappa shape index (κ3) is 2.96. The molecule has 1 aromatic rings. The number of amides is 1. The minimum Gasteiger partial charge on any atom is -0.399 e. The van der Waals surface area contributed by atoms with Gasteiger partial charge in [-0.15, -0.1) is 0 Å². The number of nitrogens with zero attached hydrogens (tertiary/aromatic N) is 1. The maximum atomic E-state index is 12.4. The van der Waals surface area contributed by atoms with Crippen LogP contribution in [0.2, 0.25) is 0 Å². The van der Waals surface area contributed by atoms with Crippen LogP contribution < -0.4 is 5.73 Å². The van der Waals surface area contributed by atoms with E-state index in [1.807, 2.05) is 38.2 Å². The summed E-state index contributed by atoms with van der Waals surface area (Å²) in [5, 5.41) is 0. The van der Waals surface area contributed by atoms with E-state index in [9.17, 15) is 4.79 Å². The normalized spacial score (nSPS) is 18.1. The van der Waals surface area contributed by atoms with Crippen LogP contribution in [0.3, 0.4) is 0 Å². The number of methoxy groups -OCH3 is 1. The van der Waals surface area contributed by atoms with Crippen molar-refractivity contribution in [3.05, 3.63) is 29.8 Å². The SMILES string of the molecule is COC1(CC(=O)N(C)C(C)c2cccc(N)c2)CCC1. The molecule has 1 amide bonds. The van der Waals surface area contributed by atoms with E-state index < -0.39 is 0 Å². The van der Waals surface area contributed by atoms with Crippen molar-refractivity contribution in [1.29, 1.82) is 0 Å². The lowest BCUT2D eigenvalue weighted by molar-refractivity contribution is -0.144. The number of nitrogen functional groups attached to an aromatic ring is 1. The summed E-state index contributed by atoms with van der Waals surface area (Å²) >= 11 is 0. The van der Waals surface area contributed by atoms with Crippen LogP contribution in [0.5, 0.6) is 0 Å². The molecule has 1 atom stereocenters. The van der Waals surface area contributed by atoms with Crippen molar-refractivity contribution in [2.24, 2.45) is 0 Å². The zero-order valence-electron chi connectivity index (χ0n) is 12.6. The molecule has 20 heavy (non-hydrogen) atoms. The fourth-order valence-electron chi connectivity index (χ4n) is 2.68. The van der Waals surface area contributed by atoms with E-state index in [-0.39, 0.29) is 17.6 Å². The molecule has 1 unspecified atom stereocenters. The van der Waals surface area contributed by atoms with E-state index in [1.54, 1.807) is 12.0 Å². The zero-order chi connectivity index (χ0) is 14.8. The fourth-order valence-corrected chi connectivity index (χ4v) is 2.68. The van der Waals surface area contributed by atoms with E-state index in [0.717, 1.165) is 30.5 Å². The van der Waals surface area contributed by atoms with Crippen molar-refractivity contribution in [2.45, 2.75) is 44.2 Å². The van der Waals surface area contributed by atoms with E-state index >= 15 is 0 Å². The van der Waals surface area contributed by atoms with Crippen LogP contribution in [0.1, 0.15) is 44.2 Å². The van der Waals surface area contributed by atoms with Gasteiger partial charge < -0.3 is 15.4 Å². The number of rotatable bonds is 5. The van der Waals surface area contributed by atoms with Gasteiger partial charge in [-0.05, 0) is 43.9 Å². The largest absolute Gasteiger partial charge is 0.399 e. The lowest BCUT2D eigenvalue weighted by atomic mass is 9.77. The Morgan fingerprint density at radius 1 is 1.50 bits per heavy atom. The lowest BCUT2D eigenvalue weighted by Crippen LogP contribution is -2.44. The summed E-state index contributed by atoms with van der Waals surface area (Å²) in [6.07, 6.45) is 3.58. The first-order chi connectivity index (χ1) is 9.47. The Morgan fingerprint density at radius 3 is 2.70 bits per heavy atom. The van der Waals surface area contributed by atoms with Gasteiger partial charge >= 0.3 is 0 Å². The summed E-state index contributed by atoms with van der Waals surface area (Å²) < 4.78 is 5.53. The molecule has 0 aliphatic heterocycles. The first kappa shape index (κ1) is 14.9. The van der Waals surface area contributed by atoms with Crippen LogP contribution in [0.4, 0.5) is 5.69 Å². The van der Waals surface area contributed by atoms with Gasteiger partial charge in [0, 0.05) is 19.8 Å². The van der Waals surface area contributed by atoms with Gasteiger partial charge in [0.15, 0.2) is 0 Å². The average molecular weight is 276 g/mol. The highest BCUT2D eigenvalue weighted by molar-refractivity contribution is 5.77. The fraction of sp³-hybridized carbons (Fsp3) is 0.562. The van der Waals surface area contributed by atoms with Gasteiger partial charge in [-0.1, -0.05) is 12.1 Å². The number of nitrogens with two attached hydrogens (primary N) is 1. The van der Waals surface area contributed by atoms with Crippen molar-refractivity contribution >= 4 is 11.6 Å². The molecule has 110 valence electrons. The maximum Gasteiger partial charge on any atom is 0.225 e. The van der Waals surface area contributed by atoms with E-state index in [0.29, 0.717) is 6.42 Å². The molecule has 1 aliphatic rings. The number of hydrogen-bond acceptors (Lipinski definition) is 3. The second-order valence-corrected chi connectivity index (χ2v) is 5.77. The first-order valence-corrected chi connectivity index (χ1v) is 7.14. The highest BCUT2D eigenvalue weighted by Crippen LogP contribution is 2.38. The Morgan fingerprint density at radius 2 is 2.20 bits per heavy atom. The average Bonchev–Trinajstić information content (AvgIpc) is 2.41. The lowest BCUT2D eigenvalue weighted by Gasteiger charge is -2.41. The van der Waals surface area contributed by atoms with Crippen LogP contribution in [0.15, 0.2) is 24.3 Å². The van der Waals surface area contributed by atoms with E-state index in [4.69, 9.17) is 10.5 Å². The molecule has 4 heteroatoms. The van der Waals surface area contributed by atoms with Gasteiger partial charge in [0.25, 0.3) is 0 Å². The number of carbonyl (C=O) groups excluding carboxylic acids is 1. The second kappa shape index (κ2) is 5.83. The smallest absolute Gasteiger partial charge is 0.225 e. The summed E-state index contributed by atoms with van der Waals surface area (Å²) in [7, 11) is 3.55. The molecule has 2 rings (SSSR count). The molecule has 0 spiro atoms. The standard InChI is InChI=1S/C16H24N2O2/c1-12(13-6-4-7-14(17)10-13)18(2)15(19)11-16(20-3)8-5-9-16/h4,6-7,10,12H,5,8-9,11,17H2,1-3H3. The Kier molecular flexibility index (Phi) is 4.33. The Balaban J connectivity index is 2.02. The molecular formula is C16H24N2O2. The summed E-state index contributed by atoms with van der Waals surface area (Å²) in [6.45, 7) is 2.02. The number of ether oxygens (including phenoxy) is 1. The molecule has 0 radical (unpaired) electrons. The maximum absolute atomic E-state index is 12.4. The molecular weight excluding hydrogens is 252 g/mol. The van der Waals surface area contributed by atoms with Gasteiger partial charge in [-0.3, -0.25) is 4.79 Å². The Bertz CT molecular complexity index is 478. The molecule has 0 aromatic heterocycles. The molecule has 1 fully saturated rings. The quantitative estimate of drug-likeness (QED) is 0.841. The van der Waals surface area contributed by atoms with Gasteiger partial charge in [0.2, 0.25) is 5.91 Å². The highest BCUT2D eigenvalue weighted by atomic mass is 16.5. The predicted octanol–water partition coefficient (Wildman–Crippen LogP) is 2.75. The van der Waals surface area contributed by atoms with Crippen LogP contribution in [-0.2, 0) is 9.53 Å². The minimum absolute atomic E-state index is 0.0139. The molecule has 2 N–H and O–H groups in total. The predicted molar refractivity (Wildman–Crippen MR) is 80.2 cm³/mol. The minimum atomic E-state index is -0.221. The van der Waals surface area contributed by atoms with Crippen LogP contribution in [0, 0.1) is 0 Å². The Hall–Kier alpha value is -1.55. The second-order valence-electron chi connectivity index (χ2n) is 5.77. The van der Waals surface area contributed by atoms with Crippen molar-refractivity contribution in [3.63, 3.8) is 0 Å². The number of hydrogen-bond donors (Lipinski definition) is 1. The topological polar surface area (TPSA) is 55.6 Å². The zero-order valence-corrected chi connectivity index (χ0v) is 12.6. The first-order valence-electron chi connectivity index (χ1n) is 7.14. The van der Waals surface area contributed by atoms with Gasteiger partial charge in [0.05, 0.1) is 18.1 Å². The highest BCUT2D eigenvalue weighted by Gasteiger charge is 2.40. The molecule has 4 nitrogen and oxygen atoms in total. The molecule has 0 saturated heterocycles. The molecule has 0 bridgehead atoms. The van der Waals surface area contributed by atoms with Gasteiger partial charge in [-0.25, -0.2) is 0 Å². The van der Waals surface area contributed by atoms with E-state index in [2.05, 4.69) is 0 Å². The molecule has 1 saturated carbocycles. The number of benzene rings is 1. The molecule has 0 heterocycles. The summed E-state index contributed by atoms with van der Waals surface area (Å²) in [5.41, 5.74) is 7.36. The number of anilines is 1. The monoisotopic (exact) mass is 276 g/mol. The summed E-state index contributed by atoms with van der Waals surface area (Å²) in [6, 6.07) is 7.71. The molecule has 1 aromatic carbocycles. The molecule has 1 aliphatic carbocycles. The third-order valence-electron chi connectivity index (χ3n) is 4.54. The van der Waals surface area contributed by atoms with Crippen LogP contribution >= 0.6 is 0 Å². The third-order valence-corrected chi connectivity index (χ3v) is 4.54. The van der Waals surface area contributed by atoms with Gasteiger partial charge in [-0.2, -0.15) is 0 Å². The van der Waals surface area contributed by atoms with Crippen LogP contribution in [-0.4, -0.2) is 30.6 Å².